The minimum absolute atomic E-state index is 0.0405. The molecule has 1 atom stereocenters. The number of likely N-dealkylation sites (tertiary alicyclic amines) is 1. The molecule has 2 heterocycles. The SMILES string of the molecule is CCCCOc1cccc(C2C(=C(O)c3ccc(OCC)cc3)C(=O)C(=O)N2Cc2cccnc2)c1. The van der Waals surface area contributed by atoms with Crippen molar-refractivity contribution < 1.29 is 24.2 Å². The zero-order chi connectivity index (χ0) is 25.5. The first kappa shape index (κ1) is 25.0. The second-order valence-corrected chi connectivity index (χ2v) is 8.52. The van der Waals surface area contributed by atoms with E-state index in [-0.39, 0.29) is 17.9 Å². The molecule has 0 saturated carbocycles. The molecule has 1 saturated heterocycles. The van der Waals surface area contributed by atoms with Crippen LogP contribution in [0.4, 0.5) is 0 Å². The summed E-state index contributed by atoms with van der Waals surface area (Å²) in [5.41, 5.74) is 1.93. The molecular formula is C29H30N2O5. The standard InChI is InChI=1S/C29H30N2O5/c1-3-5-16-36-24-10-6-9-22(17-24)26-25(27(32)21-11-13-23(14-12-21)35-4-2)28(33)29(34)31(26)19-20-8-7-15-30-18-20/h6-15,17-18,26,32H,3-5,16,19H2,1-2H3. The van der Waals surface area contributed by atoms with Crippen molar-refractivity contribution in [2.45, 2.75) is 39.3 Å². The van der Waals surface area contributed by atoms with E-state index >= 15 is 0 Å². The molecular weight excluding hydrogens is 456 g/mol. The molecule has 0 radical (unpaired) electrons. The van der Waals surface area contributed by atoms with Crippen molar-refractivity contribution in [2.75, 3.05) is 13.2 Å². The predicted octanol–water partition coefficient (Wildman–Crippen LogP) is 5.28. The Kier molecular flexibility index (Phi) is 8.00. The van der Waals surface area contributed by atoms with Gasteiger partial charge in [-0.25, -0.2) is 0 Å². The van der Waals surface area contributed by atoms with Crippen molar-refractivity contribution >= 4 is 17.4 Å². The van der Waals surface area contributed by atoms with Crippen molar-refractivity contribution in [1.29, 1.82) is 0 Å². The van der Waals surface area contributed by atoms with Crippen molar-refractivity contribution in [1.82, 2.24) is 9.88 Å². The average molecular weight is 487 g/mol. The molecule has 7 heteroatoms. The quantitative estimate of drug-likeness (QED) is 0.182. The van der Waals surface area contributed by atoms with Crippen molar-refractivity contribution in [3.63, 3.8) is 0 Å². The van der Waals surface area contributed by atoms with Crippen LogP contribution in [0.1, 0.15) is 49.4 Å². The number of nitrogens with zero attached hydrogens (tertiary/aromatic N) is 2. The second-order valence-electron chi connectivity index (χ2n) is 8.52. The Labute approximate surface area is 211 Å². The van der Waals surface area contributed by atoms with Gasteiger partial charge < -0.3 is 19.5 Å². The number of aliphatic hydroxyl groups is 1. The van der Waals surface area contributed by atoms with E-state index in [4.69, 9.17) is 9.47 Å². The number of ether oxygens (including phenoxy) is 2. The largest absolute Gasteiger partial charge is 0.507 e. The van der Waals surface area contributed by atoms with Gasteiger partial charge in [0.1, 0.15) is 17.3 Å². The summed E-state index contributed by atoms with van der Waals surface area (Å²) in [6, 6.07) is 17.0. The predicted molar refractivity (Wildman–Crippen MR) is 137 cm³/mol. The molecule has 0 bridgehead atoms. The van der Waals surface area contributed by atoms with Gasteiger partial charge in [-0.15, -0.1) is 0 Å². The molecule has 3 aromatic rings. The van der Waals surface area contributed by atoms with Gasteiger partial charge in [0, 0.05) is 24.5 Å². The van der Waals surface area contributed by atoms with Crippen LogP contribution in [0.2, 0.25) is 0 Å². The number of ketones is 1. The highest BCUT2D eigenvalue weighted by atomic mass is 16.5. The summed E-state index contributed by atoms with van der Waals surface area (Å²) < 4.78 is 11.4. The maximum absolute atomic E-state index is 13.3. The third-order valence-corrected chi connectivity index (χ3v) is 5.99. The first-order valence-electron chi connectivity index (χ1n) is 12.2. The molecule has 36 heavy (non-hydrogen) atoms. The number of carbonyl (C=O) groups is 2. The number of hydrogen-bond acceptors (Lipinski definition) is 6. The number of aliphatic hydroxyl groups excluding tert-OH is 1. The Morgan fingerprint density at radius 3 is 2.50 bits per heavy atom. The number of hydrogen-bond donors (Lipinski definition) is 1. The van der Waals surface area contributed by atoms with E-state index in [1.807, 2.05) is 37.3 Å². The second kappa shape index (κ2) is 11.5. The van der Waals surface area contributed by atoms with Crippen molar-refractivity contribution in [3.05, 3.63) is 95.3 Å². The molecule has 1 fully saturated rings. The highest BCUT2D eigenvalue weighted by Crippen LogP contribution is 2.41. The fourth-order valence-corrected chi connectivity index (χ4v) is 4.22. The van der Waals surface area contributed by atoms with Gasteiger partial charge in [-0.1, -0.05) is 31.5 Å². The van der Waals surface area contributed by atoms with Gasteiger partial charge in [-0.3, -0.25) is 14.6 Å². The van der Waals surface area contributed by atoms with Crippen LogP contribution in [0.5, 0.6) is 11.5 Å². The van der Waals surface area contributed by atoms with E-state index in [0.29, 0.717) is 35.8 Å². The van der Waals surface area contributed by atoms with Gasteiger partial charge in [0.15, 0.2) is 0 Å². The molecule has 2 aromatic carbocycles. The Morgan fingerprint density at radius 2 is 1.81 bits per heavy atom. The third kappa shape index (κ3) is 5.40. The Morgan fingerprint density at radius 1 is 1.00 bits per heavy atom. The lowest BCUT2D eigenvalue weighted by molar-refractivity contribution is -0.140. The van der Waals surface area contributed by atoms with Gasteiger partial charge in [-0.05, 0) is 66.9 Å². The fraction of sp³-hybridized carbons (Fsp3) is 0.276. The number of carbonyl (C=O) groups excluding carboxylic acids is 2. The monoisotopic (exact) mass is 486 g/mol. The minimum Gasteiger partial charge on any atom is -0.507 e. The van der Waals surface area contributed by atoms with Gasteiger partial charge in [0.25, 0.3) is 11.7 Å². The van der Waals surface area contributed by atoms with E-state index < -0.39 is 17.7 Å². The molecule has 1 aliphatic rings. The lowest BCUT2D eigenvalue weighted by atomic mass is 9.95. The summed E-state index contributed by atoms with van der Waals surface area (Å²) in [6.07, 6.45) is 5.24. The van der Waals surface area contributed by atoms with Crippen LogP contribution >= 0.6 is 0 Å². The lowest BCUT2D eigenvalue weighted by Crippen LogP contribution is -2.29. The van der Waals surface area contributed by atoms with Gasteiger partial charge >= 0.3 is 0 Å². The van der Waals surface area contributed by atoms with E-state index in [1.165, 1.54) is 4.90 Å². The van der Waals surface area contributed by atoms with Crippen molar-refractivity contribution in [2.24, 2.45) is 0 Å². The first-order chi connectivity index (χ1) is 17.5. The van der Waals surface area contributed by atoms with Crippen LogP contribution in [-0.2, 0) is 16.1 Å². The molecule has 0 aliphatic carbocycles. The van der Waals surface area contributed by atoms with Crippen LogP contribution in [0, 0.1) is 0 Å². The molecule has 1 unspecified atom stereocenters. The maximum Gasteiger partial charge on any atom is 0.295 e. The number of pyridine rings is 1. The number of unbranched alkanes of at least 4 members (excludes halogenated alkanes) is 1. The first-order valence-corrected chi connectivity index (χ1v) is 12.2. The summed E-state index contributed by atoms with van der Waals surface area (Å²) in [7, 11) is 0. The number of aromatic nitrogens is 1. The minimum atomic E-state index is -0.786. The highest BCUT2D eigenvalue weighted by molar-refractivity contribution is 6.46. The smallest absolute Gasteiger partial charge is 0.295 e. The topological polar surface area (TPSA) is 89.0 Å². The van der Waals surface area contributed by atoms with E-state index in [9.17, 15) is 14.7 Å². The fourth-order valence-electron chi connectivity index (χ4n) is 4.22. The zero-order valence-electron chi connectivity index (χ0n) is 20.5. The summed E-state index contributed by atoms with van der Waals surface area (Å²) in [4.78, 5) is 32.1. The van der Waals surface area contributed by atoms with Gasteiger partial charge in [-0.2, -0.15) is 0 Å². The number of amides is 1. The van der Waals surface area contributed by atoms with Gasteiger partial charge in [0.05, 0.1) is 24.8 Å². The Balaban J connectivity index is 1.78. The number of Topliss-reactive ketones (excluding diaryl/α,β-unsaturated/α-hetero) is 1. The molecule has 1 aliphatic heterocycles. The highest BCUT2D eigenvalue weighted by Gasteiger charge is 2.46. The van der Waals surface area contributed by atoms with Crippen LogP contribution < -0.4 is 9.47 Å². The van der Waals surface area contributed by atoms with Crippen molar-refractivity contribution in [3.8, 4) is 11.5 Å². The summed E-state index contributed by atoms with van der Waals surface area (Å²) in [5, 5.41) is 11.3. The number of rotatable bonds is 10. The molecule has 1 aromatic heterocycles. The third-order valence-electron chi connectivity index (χ3n) is 5.99. The normalized spacial score (nSPS) is 16.8. The molecule has 1 amide bonds. The maximum atomic E-state index is 13.3. The van der Waals surface area contributed by atoms with Gasteiger partial charge in [0.2, 0.25) is 0 Å². The van der Waals surface area contributed by atoms with E-state index in [1.54, 1.807) is 42.7 Å². The van der Waals surface area contributed by atoms with E-state index in [0.717, 1.165) is 18.4 Å². The lowest BCUT2D eigenvalue weighted by Gasteiger charge is -2.25. The average Bonchev–Trinajstić information content (AvgIpc) is 3.15. The van der Waals surface area contributed by atoms with Crippen LogP contribution in [0.25, 0.3) is 5.76 Å². The zero-order valence-corrected chi connectivity index (χ0v) is 20.5. The molecule has 1 N–H and O–H groups in total. The van der Waals surface area contributed by atoms with Crippen LogP contribution in [-0.4, -0.2) is 39.9 Å². The van der Waals surface area contributed by atoms with Crippen LogP contribution in [0.3, 0.4) is 0 Å². The summed E-state index contributed by atoms with van der Waals surface area (Å²) in [5.74, 6) is -0.331. The summed E-state index contributed by atoms with van der Waals surface area (Å²) >= 11 is 0. The van der Waals surface area contributed by atoms with E-state index in [2.05, 4.69) is 11.9 Å². The summed E-state index contributed by atoms with van der Waals surface area (Å²) in [6.45, 7) is 5.23. The molecule has 0 spiro atoms. The van der Waals surface area contributed by atoms with Crippen LogP contribution in [0.15, 0.2) is 78.6 Å². The molecule has 186 valence electrons. The molecule has 7 nitrogen and oxygen atoms in total. The number of benzene rings is 2. The molecule has 4 rings (SSSR count). The Hall–Kier alpha value is -4.13. The Bertz CT molecular complexity index is 1240.